The molecule has 1 atom stereocenters. The van der Waals surface area contributed by atoms with Crippen LogP contribution in [0.1, 0.15) is 56.3 Å². The molecule has 1 unspecified atom stereocenters. The van der Waals surface area contributed by atoms with Crippen molar-refractivity contribution in [2.24, 2.45) is 4.99 Å². The fourth-order valence-electron chi connectivity index (χ4n) is 4.24. The Labute approximate surface area is 204 Å². The molecule has 2 aliphatic rings. The predicted octanol–water partition coefficient (Wildman–Crippen LogP) is 3.07. The van der Waals surface area contributed by atoms with Gasteiger partial charge in [-0.15, -0.1) is 24.0 Å². The van der Waals surface area contributed by atoms with E-state index in [-0.39, 0.29) is 41.9 Å². The molecular formula is C22H37IN4O3S. The molecule has 0 amide bonds. The molecule has 0 bridgehead atoms. The maximum absolute atomic E-state index is 12.0. The number of rotatable bonds is 8. The molecule has 0 aromatic heterocycles. The van der Waals surface area contributed by atoms with Crippen LogP contribution >= 0.6 is 24.0 Å². The lowest BCUT2D eigenvalue weighted by Crippen LogP contribution is -2.50. The van der Waals surface area contributed by atoms with E-state index in [1.165, 1.54) is 17.5 Å². The van der Waals surface area contributed by atoms with Gasteiger partial charge < -0.3 is 15.4 Å². The van der Waals surface area contributed by atoms with Crippen molar-refractivity contribution in [3.63, 3.8) is 0 Å². The van der Waals surface area contributed by atoms with Crippen LogP contribution in [0.5, 0.6) is 0 Å². The number of fused-ring (bicyclic) bond motifs is 1. The van der Waals surface area contributed by atoms with Gasteiger partial charge in [0.1, 0.15) is 0 Å². The van der Waals surface area contributed by atoms with Crippen molar-refractivity contribution in [2.45, 2.75) is 57.6 Å². The van der Waals surface area contributed by atoms with Gasteiger partial charge in [-0.05, 0) is 56.6 Å². The molecule has 1 heterocycles. The minimum absolute atomic E-state index is 0. The average molecular weight is 565 g/mol. The molecule has 176 valence electrons. The Hall–Kier alpha value is -0.910. The van der Waals surface area contributed by atoms with Crippen molar-refractivity contribution < 1.29 is 13.2 Å². The quantitative estimate of drug-likeness (QED) is 0.220. The second-order valence-corrected chi connectivity index (χ2v) is 10.3. The molecule has 9 heteroatoms. The highest BCUT2D eigenvalue weighted by atomic mass is 127. The lowest BCUT2D eigenvalue weighted by Gasteiger charge is -2.32. The monoisotopic (exact) mass is 564 g/mol. The maximum Gasteiger partial charge on any atom is 0.213 e. The van der Waals surface area contributed by atoms with Gasteiger partial charge in [-0.25, -0.2) is 12.7 Å². The van der Waals surface area contributed by atoms with Gasteiger partial charge >= 0.3 is 0 Å². The third-order valence-electron chi connectivity index (χ3n) is 6.02. The molecule has 1 saturated heterocycles. The number of aliphatic imine (C=N–C) groups is 1. The summed E-state index contributed by atoms with van der Waals surface area (Å²) < 4.78 is 31.7. The first kappa shape index (κ1) is 26.3. The summed E-state index contributed by atoms with van der Waals surface area (Å²) in [5, 5.41) is 6.78. The summed E-state index contributed by atoms with van der Waals surface area (Å²) in [5.74, 6) is 0.942. The number of sulfonamides is 1. The van der Waals surface area contributed by atoms with E-state index in [0.717, 1.165) is 51.2 Å². The first-order chi connectivity index (χ1) is 14.5. The zero-order valence-electron chi connectivity index (χ0n) is 18.7. The zero-order valence-corrected chi connectivity index (χ0v) is 21.8. The van der Waals surface area contributed by atoms with Crippen molar-refractivity contribution >= 4 is 40.0 Å². The van der Waals surface area contributed by atoms with Crippen molar-refractivity contribution in [3.8, 4) is 0 Å². The van der Waals surface area contributed by atoms with Crippen LogP contribution in [-0.4, -0.2) is 63.8 Å². The van der Waals surface area contributed by atoms with E-state index in [2.05, 4.69) is 39.9 Å². The molecule has 1 aromatic rings. The summed E-state index contributed by atoms with van der Waals surface area (Å²) >= 11 is 0. The summed E-state index contributed by atoms with van der Waals surface area (Å²) in [6, 6.07) is 8.86. The standard InChI is InChI=1S/C22H36N4O3S.HI/c1-3-30(27,28)26-15-12-19(13-16-26)25-22(23-2)24-14-7-17-29-21-11-6-9-18-8-4-5-10-20(18)21;/h4-5,8,10,19,21H,3,6-7,9,11-17H2,1-2H3,(H2,23,24,25);1H. The van der Waals surface area contributed by atoms with E-state index >= 15 is 0 Å². The first-order valence-electron chi connectivity index (χ1n) is 11.2. The number of piperidine rings is 1. The Morgan fingerprint density at radius 1 is 1.23 bits per heavy atom. The number of aryl methyl sites for hydroxylation is 1. The van der Waals surface area contributed by atoms with E-state index in [9.17, 15) is 8.42 Å². The second kappa shape index (κ2) is 13.0. The molecule has 1 aliphatic carbocycles. The van der Waals surface area contributed by atoms with E-state index in [1.807, 2.05) is 0 Å². The van der Waals surface area contributed by atoms with E-state index in [1.54, 1.807) is 18.3 Å². The highest BCUT2D eigenvalue weighted by Gasteiger charge is 2.27. The molecule has 1 aliphatic heterocycles. The van der Waals surface area contributed by atoms with Gasteiger partial charge in [0, 0.05) is 39.3 Å². The molecular weight excluding hydrogens is 527 g/mol. The molecule has 1 aromatic carbocycles. The van der Waals surface area contributed by atoms with Crippen LogP contribution in [0.15, 0.2) is 29.3 Å². The minimum atomic E-state index is -3.08. The Morgan fingerprint density at radius 3 is 2.68 bits per heavy atom. The van der Waals surface area contributed by atoms with Gasteiger partial charge in [0.15, 0.2) is 5.96 Å². The Kier molecular flexibility index (Phi) is 11.0. The highest BCUT2D eigenvalue weighted by molar-refractivity contribution is 14.0. The summed E-state index contributed by atoms with van der Waals surface area (Å²) in [5.41, 5.74) is 2.78. The van der Waals surface area contributed by atoms with E-state index in [4.69, 9.17) is 4.74 Å². The predicted molar refractivity (Wildman–Crippen MR) is 137 cm³/mol. The van der Waals surface area contributed by atoms with E-state index < -0.39 is 10.0 Å². The average Bonchev–Trinajstić information content (AvgIpc) is 2.78. The van der Waals surface area contributed by atoms with Crippen molar-refractivity contribution in [1.82, 2.24) is 14.9 Å². The first-order valence-corrected chi connectivity index (χ1v) is 12.8. The molecule has 0 saturated carbocycles. The highest BCUT2D eigenvalue weighted by Crippen LogP contribution is 2.32. The number of halogens is 1. The van der Waals surface area contributed by atoms with Crippen LogP contribution in [-0.2, 0) is 21.2 Å². The lowest BCUT2D eigenvalue weighted by atomic mass is 9.89. The topological polar surface area (TPSA) is 83.0 Å². The van der Waals surface area contributed by atoms with Gasteiger partial charge in [-0.1, -0.05) is 24.3 Å². The van der Waals surface area contributed by atoms with Gasteiger partial charge in [0.2, 0.25) is 10.0 Å². The lowest BCUT2D eigenvalue weighted by molar-refractivity contribution is 0.0398. The number of ether oxygens (including phenoxy) is 1. The molecule has 2 N–H and O–H groups in total. The summed E-state index contributed by atoms with van der Waals surface area (Å²) in [6.45, 7) is 4.35. The van der Waals surface area contributed by atoms with Crippen LogP contribution < -0.4 is 10.6 Å². The molecule has 1 fully saturated rings. The largest absolute Gasteiger partial charge is 0.373 e. The van der Waals surface area contributed by atoms with Crippen LogP contribution in [0, 0.1) is 0 Å². The normalized spacial score (nSPS) is 20.6. The fraction of sp³-hybridized carbons (Fsp3) is 0.682. The zero-order chi connectivity index (χ0) is 21.4. The van der Waals surface area contributed by atoms with Gasteiger partial charge in [0.25, 0.3) is 0 Å². The third kappa shape index (κ3) is 7.57. The van der Waals surface area contributed by atoms with Gasteiger partial charge in [-0.2, -0.15) is 0 Å². The number of hydrogen-bond acceptors (Lipinski definition) is 4. The Morgan fingerprint density at radius 2 is 1.97 bits per heavy atom. The SMILES string of the molecule is CCS(=O)(=O)N1CCC(NC(=NC)NCCCOC2CCCc3ccccc32)CC1.I. The number of hydrogen-bond donors (Lipinski definition) is 2. The summed E-state index contributed by atoms with van der Waals surface area (Å²) in [6.07, 6.45) is 6.16. The van der Waals surface area contributed by atoms with Crippen molar-refractivity contribution in [2.75, 3.05) is 39.0 Å². The number of nitrogens with one attached hydrogen (secondary N) is 2. The second-order valence-electron chi connectivity index (χ2n) is 8.02. The molecule has 7 nitrogen and oxygen atoms in total. The molecule has 0 radical (unpaired) electrons. The molecule has 3 rings (SSSR count). The molecule has 31 heavy (non-hydrogen) atoms. The summed E-state index contributed by atoms with van der Waals surface area (Å²) in [7, 11) is -1.32. The Balaban J connectivity index is 0.00000341. The maximum atomic E-state index is 12.0. The number of guanidine groups is 1. The van der Waals surface area contributed by atoms with Crippen LogP contribution in [0.4, 0.5) is 0 Å². The molecule has 0 spiro atoms. The minimum Gasteiger partial charge on any atom is -0.373 e. The van der Waals surface area contributed by atoms with E-state index in [0.29, 0.717) is 13.1 Å². The van der Waals surface area contributed by atoms with Crippen LogP contribution in [0.25, 0.3) is 0 Å². The Bertz CT molecular complexity index is 811. The number of nitrogens with zero attached hydrogens (tertiary/aromatic N) is 2. The number of benzene rings is 1. The summed E-state index contributed by atoms with van der Waals surface area (Å²) in [4.78, 5) is 4.31. The third-order valence-corrected chi connectivity index (χ3v) is 7.91. The van der Waals surface area contributed by atoms with Crippen molar-refractivity contribution in [1.29, 1.82) is 0 Å². The van der Waals surface area contributed by atoms with Gasteiger partial charge in [0.05, 0.1) is 11.9 Å². The van der Waals surface area contributed by atoms with Gasteiger partial charge in [-0.3, -0.25) is 4.99 Å². The smallest absolute Gasteiger partial charge is 0.213 e. The fourth-order valence-corrected chi connectivity index (χ4v) is 5.37. The van der Waals surface area contributed by atoms with Crippen LogP contribution in [0.3, 0.4) is 0 Å². The van der Waals surface area contributed by atoms with Crippen molar-refractivity contribution in [3.05, 3.63) is 35.4 Å². The van der Waals surface area contributed by atoms with Crippen LogP contribution in [0.2, 0.25) is 0 Å².